The highest BCUT2D eigenvalue weighted by Crippen LogP contribution is 2.15. The molecular formula is C21H19FN2O2S. The third kappa shape index (κ3) is 6.57. The summed E-state index contributed by atoms with van der Waals surface area (Å²) in [5.41, 5.74) is 2.54. The highest BCUT2D eigenvalue weighted by Gasteiger charge is 2.04. The molecular weight excluding hydrogens is 363 g/mol. The summed E-state index contributed by atoms with van der Waals surface area (Å²) in [6.45, 7) is 1.79. The van der Waals surface area contributed by atoms with Crippen molar-refractivity contribution in [1.29, 1.82) is 0 Å². The molecule has 0 radical (unpaired) electrons. The van der Waals surface area contributed by atoms with Crippen LogP contribution in [0.25, 0.3) is 0 Å². The molecule has 0 amide bonds. The Morgan fingerprint density at radius 2 is 2.00 bits per heavy atom. The van der Waals surface area contributed by atoms with Crippen molar-refractivity contribution in [3.63, 3.8) is 0 Å². The topological polar surface area (TPSA) is 62.2 Å². The highest BCUT2D eigenvalue weighted by atomic mass is 32.1. The van der Waals surface area contributed by atoms with Gasteiger partial charge in [0.2, 0.25) is 0 Å². The maximum absolute atomic E-state index is 12.2. The van der Waals surface area contributed by atoms with Crippen LogP contribution in [-0.4, -0.2) is 23.4 Å². The Labute approximate surface area is 161 Å². The van der Waals surface area contributed by atoms with E-state index in [0.717, 1.165) is 17.5 Å². The number of aliphatic hydroxyl groups is 1. The number of allylic oxidation sites excluding steroid dienone is 5. The molecule has 0 unspecified atom stereocenters. The van der Waals surface area contributed by atoms with Gasteiger partial charge >= 0.3 is 0 Å². The van der Waals surface area contributed by atoms with Crippen LogP contribution in [0.3, 0.4) is 0 Å². The minimum Gasteiger partial charge on any atom is -0.508 e. The molecule has 0 spiro atoms. The van der Waals surface area contributed by atoms with E-state index in [2.05, 4.69) is 22.1 Å². The number of aldehydes is 1. The van der Waals surface area contributed by atoms with Gasteiger partial charge in [0.25, 0.3) is 0 Å². The van der Waals surface area contributed by atoms with Crippen LogP contribution < -0.4 is 5.32 Å². The van der Waals surface area contributed by atoms with Crippen molar-refractivity contribution >= 4 is 23.3 Å². The fraction of sp³-hybridized carbons (Fsp3) is 0.143. The van der Waals surface area contributed by atoms with Gasteiger partial charge in [0.05, 0.1) is 10.6 Å². The molecule has 1 aliphatic carbocycles. The van der Waals surface area contributed by atoms with Crippen molar-refractivity contribution < 1.29 is 14.3 Å². The lowest BCUT2D eigenvalue weighted by Gasteiger charge is -1.95. The summed E-state index contributed by atoms with van der Waals surface area (Å²) in [5.74, 6) is 5.96. The van der Waals surface area contributed by atoms with Crippen LogP contribution in [0.1, 0.15) is 26.8 Å². The Kier molecular flexibility index (Phi) is 7.53. The number of carbonyl (C=O) groups excluding carboxylic acids is 1. The third-order valence-corrected chi connectivity index (χ3v) is 4.48. The highest BCUT2D eigenvalue weighted by molar-refractivity contribution is 7.13. The predicted octanol–water partition coefficient (Wildman–Crippen LogP) is 4.81. The van der Waals surface area contributed by atoms with Gasteiger partial charge in [-0.05, 0) is 61.8 Å². The van der Waals surface area contributed by atoms with Gasteiger partial charge in [-0.15, -0.1) is 11.3 Å². The second-order valence-corrected chi connectivity index (χ2v) is 6.51. The van der Waals surface area contributed by atoms with Crippen molar-refractivity contribution in [2.24, 2.45) is 0 Å². The number of aliphatic hydroxyl groups excluding tert-OH is 1. The maximum Gasteiger partial charge on any atom is 0.168 e. The standard InChI is InChI=1S/C14H11NO2S.C7H8FN/c1-10-13(9-16)18-14(15-10)8-6-11-3-2-4-12(17)7-5-11;1-9-7-4-2-6(8)3-5-7/h2,4-5,7,9,17H,3H2,1H3;2-5,9H,1H3. The first-order valence-corrected chi connectivity index (χ1v) is 8.97. The van der Waals surface area contributed by atoms with Gasteiger partial charge in [0.15, 0.2) is 11.3 Å². The lowest BCUT2D eigenvalue weighted by Crippen LogP contribution is -1.86. The van der Waals surface area contributed by atoms with Crippen LogP contribution in [0.2, 0.25) is 0 Å². The van der Waals surface area contributed by atoms with Crippen LogP contribution in [0.15, 0.2) is 59.9 Å². The molecule has 4 nitrogen and oxygen atoms in total. The summed E-state index contributed by atoms with van der Waals surface area (Å²) in [7, 11) is 1.80. The molecule has 6 heteroatoms. The lowest BCUT2D eigenvalue weighted by molar-refractivity contribution is 0.112. The molecule has 0 saturated heterocycles. The monoisotopic (exact) mass is 382 g/mol. The lowest BCUT2D eigenvalue weighted by atomic mass is 10.2. The summed E-state index contributed by atoms with van der Waals surface area (Å²) in [4.78, 5) is 15.5. The number of anilines is 1. The second-order valence-electron chi connectivity index (χ2n) is 5.48. The number of benzene rings is 1. The largest absolute Gasteiger partial charge is 0.508 e. The molecule has 0 aliphatic heterocycles. The molecule has 3 rings (SSSR count). The fourth-order valence-electron chi connectivity index (χ4n) is 2.03. The number of hydrogen-bond donors (Lipinski definition) is 2. The van der Waals surface area contributed by atoms with E-state index in [1.807, 2.05) is 6.08 Å². The van der Waals surface area contributed by atoms with Crippen LogP contribution >= 0.6 is 11.3 Å². The van der Waals surface area contributed by atoms with E-state index in [-0.39, 0.29) is 11.6 Å². The number of carbonyl (C=O) groups is 1. The molecule has 27 heavy (non-hydrogen) atoms. The molecule has 138 valence electrons. The van der Waals surface area contributed by atoms with E-state index in [4.69, 9.17) is 0 Å². The number of aryl methyl sites for hydroxylation is 1. The Hall–Kier alpha value is -3.17. The first kappa shape index (κ1) is 20.1. The predicted molar refractivity (Wildman–Crippen MR) is 108 cm³/mol. The number of nitrogens with zero attached hydrogens (tertiary/aromatic N) is 1. The summed E-state index contributed by atoms with van der Waals surface area (Å²) < 4.78 is 12.2. The molecule has 0 fully saturated rings. The summed E-state index contributed by atoms with van der Waals surface area (Å²) in [6.07, 6.45) is 8.36. The maximum atomic E-state index is 12.2. The van der Waals surface area contributed by atoms with Crippen LogP contribution in [0.5, 0.6) is 0 Å². The van der Waals surface area contributed by atoms with Crippen LogP contribution in [0.4, 0.5) is 10.1 Å². The Morgan fingerprint density at radius 1 is 1.26 bits per heavy atom. The van der Waals surface area contributed by atoms with E-state index in [1.165, 1.54) is 23.5 Å². The van der Waals surface area contributed by atoms with E-state index >= 15 is 0 Å². The number of nitrogens with one attached hydrogen (secondary N) is 1. The summed E-state index contributed by atoms with van der Waals surface area (Å²) >= 11 is 1.29. The Bertz CT molecular complexity index is 945. The minimum absolute atomic E-state index is 0.200. The zero-order valence-corrected chi connectivity index (χ0v) is 15.8. The minimum atomic E-state index is -0.200. The molecule has 2 N–H and O–H groups in total. The summed E-state index contributed by atoms with van der Waals surface area (Å²) in [5, 5.41) is 12.8. The molecule has 0 saturated carbocycles. The van der Waals surface area contributed by atoms with Gasteiger partial charge in [0, 0.05) is 18.3 Å². The quantitative estimate of drug-likeness (QED) is 0.578. The SMILES string of the molecule is CNc1ccc(F)cc1.Cc1nc(C#CC2=CC=C(O)C=CC2)sc1C=O. The van der Waals surface area contributed by atoms with Crippen molar-refractivity contribution in [3.8, 4) is 11.8 Å². The average Bonchev–Trinajstić information content (AvgIpc) is 2.90. The number of halogens is 1. The van der Waals surface area contributed by atoms with Crippen LogP contribution in [0, 0.1) is 24.6 Å². The Morgan fingerprint density at radius 3 is 2.63 bits per heavy atom. The number of rotatable bonds is 2. The normalized spacial score (nSPS) is 12.4. The van der Waals surface area contributed by atoms with Gasteiger partial charge in [-0.3, -0.25) is 4.79 Å². The molecule has 2 aromatic rings. The van der Waals surface area contributed by atoms with Gasteiger partial charge in [-0.2, -0.15) is 0 Å². The van der Waals surface area contributed by atoms with Crippen molar-refractivity contribution in [1.82, 2.24) is 4.98 Å². The van der Waals surface area contributed by atoms with Gasteiger partial charge < -0.3 is 10.4 Å². The zero-order valence-electron chi connectivity index (χ0n) is 15.0. The second kappa shape index (κ2) is 10.1. The number of thiazole rings is 1. The molecule has 1 aromatic heterocycles. The smallest absolute Gasteiger partial charge is 0.168 e. The number of hydrogen-bond acceptors (Lipinski definition) is 5. The first-order chi connectivity index (χ1) is 13.0. The third-order valence-electron chi connectivity index (χ3n) is 3.48. The van der Waals surface area contributed by atoms with Gasteiger partial charge in [0.1, 0.15) is 11.6 Å². The van der Waals surface area contributed by atoms with Gasteiger partial charge in [-0.25, -0.2) is 9.37 Å². The van der Waals surface area contributed by atoms with Crippen molar-refractivity contribution in [2.75, 3.05) is 12.4 Å². The van der Waals surface area contributed by atoms with E-state index < -0.39 is 0 Å². The zero-order chi connectivity index (χ0) is 19.6. The molecule has 1 heterocycles. The van der Waals surface area contributed by atoms with Crippen LogP contribution in [-0.2, 0) is 0 Å². The van der Waals surface area contributed by atoms with Crippen molar-refractivity contribution in [2.45, 2.75) is 13.3 Å². The van der Waals surface area contributed by atoms with E-state index in [9.17, 15) is 14.3 Å². The Balaban J connectivity index is 0.000000244. The molecule has 0 bridgehead atoms. The molecule has 1 aliphatic rings. The summed E-state index contributed by atoms with van der Waals surface area (Å²) in [6, 6.07) is 6.22. The van der Waals surface area contributed by atoms with E-state index in [0.29, 0.717) is 22.0 Å². The van der Waals surface area contributed by atoms with Crippen molar-refractivity contribution in [3.05, 3.63) is 81.3 Å². The molecule has 0 atom stereocenters. The van der Waals surface area contributed by atoms with Gasteiger partial charge in [-0.1, -0.05) is 12.0 Å². The first-order valence-electron chi connectivity index (χ1n) is 8.16. The fourth-order valence-corrected chi connectivity index (χ4v) is 2.76. The number of aromatic nitrogens is 1. The van der Waals surface area contributed by atoms with E-state index in [1.54, 1.807) is 44.3 Å². The average molecular weight is 382 g/mol. The molecule has 1 aromatic carbocycles.